The van der Waals surface area contributed by atoms with Gasteiger partial charge in [0.1, 0.15) is 0 Å². The third kappa shape index (κ3) is 4.95. The van der Waals surface area contributed by atoms with Crippen LogP contribution in [0.5, 0.6) is 0 Å². The Morgan fingerprint density at radius 1 is 1.14 bits per heavy atom. The standard InChI is InChI=1S/C20H27BrN2O4S/c1-2-10-23(18-9-13-28(26,27)14-18)20(25)16-7-11-22(12-8-16)19(24)15-3-5-17(21)6-4-15/h3-6,16,18H,2,7-14H2,1H3. The van der Waals surface area contributed by atoms with Crippen molar-refractivity contribution in [2.75, 3.05) is 31.1 Å². The SMILES string of the molecule is CCCN(C(=O)C1CCN(C(=O)c2ccc(Br)cc2)CC1)C1CCS(=O)(=O)C1. The summed E-state index contributed by atoms with van der Waals surface area (Å²) in [6, 6.07) is 7.10. The number of rotatable bonds is 5. The summed E-state index contributed by atoms with van der Waals surface area (Å²) >= 11 is 3.37. The van der Waals surface area contributed by atoms with Gasteiger partial charge in [-0.1, -0.05) is 22.9 Å². The molecule has 2 amide bonds. The molecule has 3 rings (SSSR count). The molecule has 154 valence electrons. The summed E-state index contributed by atoms with van der Waals surface area (Å²) in [6.45, 7) is 3.70. The van der Waals surface area contributed by atoms with E-state index in [1.54, 1.807) is 21.9 Å². The Morgan fingerprint density at radius 2 is 1.79 bits per heavy atom. The number of carbonyl (C=O) groups excluding carboxylic acids is 2. The molecular formula is C20H27BrN2O4S. The van der Waals surface area contributed by atoms with Crippen LogP contribution in [-0.2, 0) is 14.6 Å². The van der Waals surface area contributed by atoms with E-state index in [0.717, 1.165) is 10.9 Å². The number of hydrogen-bond acceptors (Lipinski definition) is 4. The van der Waals surface area contributed by atoms with Crippen molar-refractivity contribution in [2.24, 2.45) is 5.92 Å². The second kappa shape index (κ2) is 8.95. The van der Waals surface area contributed by atoms with Crippen molar-refractivity contribution in [1.82, 2.24) is 9.80 Å². The van der Waals surface area contributed by atoms with Crippen molar-refractivity contribution < 1.29 is 18.0 Å². The van der Waals surface area contributed by atoms with E-state index in [1.807, 2.05) is 19.1 Å². The van der Waals surface area contributed by atoms with Crippen LogP contribution in [0.3, 0.4) is 0 Å². The highest BCUT2D eigenvalue weighted by Crippen LogP contribution is 2.26. The molecule has 1 atom stereocenters. The smallest absolute Gasteiger partial charge is 0.253 e. The van der Waals surface area contributed by atoms with E-state index in [4.69, 9.17) is 0 Å². The van der Waals surface area contributed by atoms with Gasteiger partial charge in [-0.15, -0.1) is 0 Å². The van der Waals surface area contributed by atoms with Gasteiger partial charge >= 0.3 is 0 Å². The van der Waals surface area contributed by atoms with Gasteiger partial charge in [0.15, 0.2) is 9.84 Å². The maximum atomic E-state index is 13.1. The van der Waals surface area contributed by atoms with Gasteiger partial charge in [0.25, 0.3) is 5.91 Å². The van der Waals surface area contributed by atoms with E-state index in [2.05, 4.69) is 15.9 Å². The lowest BCUT2D eigenvalue weighted by Crippen LogP contribution is -2.48. The molecule has 2 aliphatic rings. The lowest BCUT2D eigenvalue weighted by Gasteiger charge is -2.36. The first-order chi connectivity index (χ1) is 13.3. The fourth-order valence-corrected chi connectivity index (χ4v) is 6.07. The second-order valence-electron chi connectivity index (χ2n) is 7.66. The lowest BCUT2D eigenvalue weighted by molar-refractivity contribution is -0.138. The summed E-state index contributed by atoms with van der Waals surface area (Å²) in [5.41, 5.74) is 0.650. The molecule has 2 fully saturated rings. The third-order valence-corrected chi connectivity index (χ3v) is 7.90. The maximum absolute atomic E-state index is 13.1. The minimum absolute atomic E-state index is 0.00861. The molecule has 1 aromatic rings. The van der Waals surface area contributed by atoms with Gasteiger partial charge in [-0.2, -0.15) is 0 Å². The molecule has 6 nitrogen and oxygen atoms in total. The average Bonchev–Trinajstić information content (AvgIpc) is 3.05. The highest BCUT2D eigenvalue weighted by molar-refractivity contribution is 9.10. The molecule has 0 spiro atoms. The summed E-state index contributed by atoms with van der Waals surface area (Å²) in [5, 5.41) is 0. The first-order valence-corrected chi connectivity index (χ1v) is 12.5. The number of sulfone groups is 1. The van der Waals surface area contributed by atoms with Crippen LogP contribution < -0.4 is 0 Å². The van der Waals surface area contributed by atoms with Gasteiger partial charge < -0.3 is 9.80 Å². The zero-order valence-electron chi connectivity index (χ0n) is 16.1. The number of benzene rings is 1. The van der Waals surface area contributed by atoms with Crippen LogP contribution in [0.1, 0.15) is 43.0 Å². The summed E-state index contributed by atoms with van der Waals surface area (Å²) in [5.74, 6) is 0.166. The van der Waals surface area contributed by atoms with Crippen molar-refractivity contribution in [3.05, 3.63) is 34.3 Å². The molecule has 1 aromatic carbocycles. The lowest BCUT2D eigenvalue weighted by atomic mass is 9.94. The Bertz CT molecular complexity index is 817. The quantitative estimate of drug-likeness (QED) is 0.662. The van der Waals surface area contributed by atoms with Gasteiger partial charge in [-0.3, -0.25) is 9.59 Å². The highest BCUT2D eigenvalue weighted by Gasteiger charge is 2.37. The maximum Gasteiger partial charge on any atom is 0.253 e. The summed E-state index contributed by atoms with van der Waals surface area (Å²) in [7, 11) is -3.03. The van der Waals surface area contributed by atoms with E-state index in [9.17, 15) is 18.0 Å². The Kier molecular flexibility index (Phi) is 6.81. The van der Waals surface area contributed by atoms with E-state index >= 15 is 0 Å². The van der Waals surface area contributed by atoms with Gasteiger partial charge in [-0.25, -0.2) is 8.42 Å². The van der Waals surface area contributed by atoms with Gasteiger partial charge in [0, 0.05) is 41.6 Å². The van der Waals surface area contributed by atoms with Crippen molar-refractivity contribution in [3.63, 3.8) is 0 Å². The van der Waals surface area contributed by atoms with Crippen molar-refractivity contribution in [1.29, 1.82) is 0 Å². The number of hydrogen-bond donors (Lipinski definition) is 0. The molecule has 2 aliphatic heterocycles. The molecule has 0 N–H and O–H groups in total. The average molecular weight is 471 g/mol. The first-order valence-electron chi connectivity index (χ1n) is 9.86. The van der Waals surface area contributed by atoms with Gasteiger partial charge in [-0.05, 0) is 49.9 Å². The zero-order valence-corrected chi connectivity index (χ0v) is 18.5. The number of nitrogens with zero attached hydrogens (tertiary/aromatic N) is 2. The van der Waals surface area contributed by atoms with Crippen LogP contribution in [0, 0.1) is 5.92 Å². The van der Waals surface area contributed by atoms with E-state index in [1.165, 1.54) is 0 Å². The predicted octanol–water partition coefficient (Wildman–Crippen LogP) is 2.73. The number of amides is 2. The fourth-order valence-electron chi connectivity index (χ4n) is 4.07. The number of halogens is 1. The van der Waals surface area contributed by atoms with E-state index < -0.39 is 9.84 Å². The second-order valence-corrected chi connectivity index (χ2v) is 10.8. The molecule has 1 unspecified atom stereocenters. The highest BCUT2D eigenvalue weighted by atomic mass is 79.9. The van der Waals surface area contributed by atoms with Crippen molar-refractivity contribution in [2.45, 2.75) is 38.6 Å². The molecule has 28 heavy (non-hydrogen) atoms. The largest absolute Gasteiger partial charge is 0.339 e. The monoisotopic (exact) mass is 470 g/mol. The number of likely N-dealkylation sites (tertiary alicyclic amines) is 1. The minimum Gasteiger partial charge on any atom is -0.339 e. The molecule has 0 bridgehead atoms. The Hall–Kier alpha value is -1.41. The topological polar surface area (TPSA) is 74.8 Å². The fraction of sp³-hybridized carbons (Fsp3) is 0.600. The molecule has 8 heteroatoms. The summed E-state index contributed by atoms with van der Waals surface area (Å²) in [6.07, 6.45) is 2.60. The number of piperidine rings is 1. The van der Waals surface area contributed by atoms with Crippen molar-refractivity contribution >= 4 is 37.6 Å². The Labute approximate surface area is 175 Å². The Balaban J connectivity index is 1.60. The normalized spacial score (nSPS) is 22.2. The molecule has 0 aromatic heterocycles. The van der Waals surface area contributed by atoms with Crippen LogP contribution >= 0.6 is 15.9 Å². The van der Waals surface area contributed by atoms with E-state index in [-0.39, 0.29) is 35.3 Å². The molecule has 2 saturated heterocycles. The van der Waals surface area contributed by atoms with E-state index in [0.29, 0.717) is 44.5 Å². The summed E-state index contributed by atoms with van der Waals surface area (Å²) < 4.78 is 24.6. The molecule has 0 saturated carbocycles. The van der Waals surface area contributed by atoms with Crippen LogP contribution in [0.4, 0.5) is 0 Å². The molecular weight excluding hydrogens is 444 g/mol. The minimum atomic E-state index is -3.03. The number of carbonyl (C=O) groups is 2. The van der Waals surface area contributed by atoms with Crippen LogP contribution in [0.15, 0.2) is 28.7 Å². The predicted molar refractivity (Wildman–Crippen MR) is 112 cm³/mol. The third-order valence-electron chi connectivity index (χ3n) is 5.62. The first kappa shape index (κ1) is 21.3. The van der Waals surface area contributed by atoms with Crippen molar-refractivity contribution in [3.8, 4) is 0 Å². The van der Waals surface area contributed by atoms with Crippen LogP contribution in [-0.4, -0.2) is 67.2 Å². The van der Waals surface area contributed by atoms with Crippen LogP contribution in [0.25, 0.3) is 0 Å². The molecule has 2 heterocycles. The Morgan fingerprint density at radius 3 is 2.32 bits per heavy atom. The summed E-state index contributed by atoms with van der Waals surface area (Å²) in [4.78, 5) is 29.3. The zero-order chi connectivity index (χ0) is 20.3. The van der Waals surface area contributed by atoms with Gasteiger partial charge in [0.05, 0.1) is 11.5 Å². The molecule has 0 radical (unpaired) electrons. The van der Waals surface area contributed by atoms with Crippen LogP contribution in [0.2, 0.25) is 0 Å². The van der Waals surface area contributed by atoms with Gasteiger partial charge in [0.2, 0.25) is 5.91 Å². The molecule has 0 aliphatic carbocycles.